The van der Waals surface area contributed by atoms with Gasteiger partial charge < -0.3 is 9.84 Å². The predicted molar refractivity (Wildman–Crippen MR) is 53.3 cm³/mol. The monoisotopic (exact) mass is 180 g/mol. The summed E-state index contributed by atoms with van der Waals surface area (Å²) in [5.41, 5.74) is 1.96. The lowest BCUT2D eigenvalue weighted by atomic mass is 10.1. The molecule has 0 saturated carbocycles. The van der Waals surface area contributed by atoms with Gasteiger partial charge in [-0.25, -0.2) is 0 Å². The van der Waals surface area contributed by atoms with Crippen molar-refractivity contribution in [1.82, 2.24) is 0 Å². The van der Waals surface area contributed by atoms with Gasteiger partial charge >= 0.3 is 0 Å². The van der Waals surface area contributed by atoms with Crippen molar-refractivity contribution in [2.24, 2.45) is 0 Å². The Kier molecular flexibility index (Phi) is 2.81. The molecule has 0 heterocycles. The van der Waals surface area contributed by atoms with Gasteiger partial charge in [0, 0.05) is 0 Å². The lowest BCUT2D eigenvalue weighted by Gasteiger charge is -2.15. The zero-order chi connectivity index (χ0) is 10.0. The first kappa shape index (κ1) is 9.90. The summed E-state index contributed by atoms with van der Waals surface area (Å²) < 4.78 is 5.62. The van der Waals surface area contributed by atoms with Crippen LogP contribution in [0.4, 0.5) is 0 Å². The van der Waals surface area contributed by atoms with Gasteiger partial charge in [-0.2, -0.15) is 0 Å². The van der Waals surface area contributed by atoms with Crippen LogP contribution in [0, 0.1) is 13.8 Å². The Labute approximate surface area is 79.2 Å². The van der Waals surface area contributed by atoms with Gasteiger partial charge in [-0.05, 0) is 51.0 Å². The van der Waals surface area contributed by atoms with Crippen LogP contribution in [0.15, 0.2) is 12.1 Å². The molecule has 0 aromatic heterocycles. The molecule has 0 fully saturated rings. The molecule has 1 aromatic carbocycles. The van der Waals surface area contributed by atoms with Gasteiger partial charge in [0.15, 0.2) is 0 Å². The molecule has 1 aromatic rings. The van der Waals surface area contributed by atoms with Crippen molar-refractivity contribution < 1.29 is 9.84 Å². The van der Waals surface area contributed by atoms with Crippen molar-refractivity contribution in [2.75, 3.05) is 0 Å². The maximum Gasteiger partial charge on any atom is 0.125 e. The maximum atomic E-state index is 9.30. The van der Waals surface area contributed by atoms with Crippen molar-refractivity contribution in [3.63, 3.8) is 0 Å². The van der Waals surface area contributed by atoms with E-state index in [0.29, 0.717) is 5.75 Å². The summed E-state index contributed by atoms with van der Waals surface area (Å²) in [7, 11) is 0. The molecular weight excluding hydrogens is 164 g/mol. The summed E-state index contributed by atoms with van der Waals surface area (Å²) in [5.74, 6) is 1.18. The Morgan fingerprint density at radius 1 is 1.15 bits per heavy atom. The van der Waals surface area contributed by atoms with Gasteiger partial charge in [0.1, 0.15) is 11.5 Å². The lowest BCUT2D eigenvalue weighted by molar-refractivity contribution is 0.239. The van der Waals surface area contributed by atoms with Crippen LogP contribution >= 0.6 is 0 Å². The maximum absolute atomic E-state index is 9.30. The van der Waals surface area contributed by atoms with Crippen molar-refractivity contribution >= 4 is 0 Å². The number of aromatic hydroxyl groups is 1. The first-order chi connectivity index (χ1) is 6.00. The molecule has 2 nitrogen and oxygen atoms in total. The molecule has 13 heavy (non-hydrogen) atoms. The highest BCUT2D eigenvalue weighted by Crippen LogP contribution is 2.28. The van der Waals surface area contributed by atoms with E-state index in [1.54, 1.807) is 12.1 Å². The van der Waals surface area contributed by atoms with E-state index in [9.17, 15) is 5.11 Å². The third-order valence-corrected chi connectivity index (χ3v) is 1.80. The van der Waals surface area contributed by atoms with Gasteiger partial charge in [-0.3, -0.25) is 0 Å². The Morgan fingerprint density at radius 3 is 2.00 bits per heavy atom. The van der Waals surface area contributed by atoms with Crippen LogP contribution in [0.1, 0.15) is 25.0 Å². The number of phenolic OH excluding ortho intramolecular Hbond substituents is 1. The van der Waals surface area contributed by atoms with Gasteiger partial charge in [0.05, 0.1) is 6.10 Å². The number of phenols is 1. The highest BCUT2D eigenvalue weighted by atomic mass is 16.5. The van der Waals surface area contributed by atoms with E-state index < -0.39 is 0 Å². The minimum atomic E-state index is 0.168. The topological polar surface area (TPSA) is 29.5 Å². The fraction of sp³-hybridized carbons (Fsp3) is 0.455. The fourth-order valence-corrected chi connectivity index (χ4v) is 1.35. The average Bonchev–Trinajstić information content (AvgIpc) is 1.96. The lowest BCUT2D eigenvalue weighted by Crippen LogP contribution is -2.07. The van der Waals surface area contributed by atoms with E-state index in [2.05, 4.69) is 0 Å². The van der Waals surface area contributed by atoms with Crippen molar-refractivity contribution in [1.29, 1.82) is 0 Å². The summed E-state index contributed by atoms with van der Waals surface area (Å²) in [6.45, 7) is 7.85. The number of rotatable bonds is 2. The molecule has 0 amide bonds. The Morgan fingerprint density at radius 2 is 1.62 bits per heavy atom. The molecular formula is C11H16O2. The molecule has 0 unspecified atom stereocenters. The minimum absolute atomic E-state index is 0.168. The Balaban J connectivity index is 3.06. The summed E-state index contributed by atoms with van der Waals surface area (Å²) in [4.78, 5) is 0. The number of benzene rings is 1. The summed E-state index contributed by atoms with van der Waals surface area (Å²) in [6, 6.07) is 3.43. The fourth-order valence-electron chi connectivity index (χ4n) is 1.35. The molecule has 0 aliphatic heterocycles. The predicted octanol–water partition coefficient (Wildman–Crippen LogP) is 2.80. The molecule has 0 bridgehead atoms. The normalized spacial score (nSPS) is 10.5. The average molecular weight is 180 g/mol. The van der Waals surface area contributed by atoms with Crippen molar-refractivity contribution in [3.05, 3.63) is 23.3 Å². The van der Waals surface area contributed by atoms with Crippen LogP contribution in [0.3, 0.4) is 0 Å². The van der Waals surface area contributed by atoms with Crippen molar-refractivity contribution in [2.45, 2.75) is 33.8 Å². The van der Waals surface area contributed by atoms with Gasteiger partial charge in [0.2, 0.25) is 0 Å². The van der Waals surface area contributed by atoms with Crippen LogP contribution in [-0.2, 0) is 0 Å². The number of ether oxygens (including phenoxy) is 1. The molecule has 2 heteroatoms. The summed E-state index contributed by atoms with van der Waals surface area (Å²) in [6.07, 6.45) is 0.168. The molecule has 0 spiro atoms. The van der Waals surface area contributed by atoms with E-state index in [1.807, 2.05) is 27.7 Å². The highest BCUT2D eigenvalue weighted by molar-refractivity contribution is 5.45. The standard InChI is InChI=1S/C11H16O2/c1-7(2)13-11-8(3)5-10(12)6-9(11)4/h5-7,12H,1-4H3. The largest absolute Gasteiger partial charge is 0.508 e. The highest BCUT2D eigenvalue weighted by Gasteiger charge is 2.07. The quantitative estimate of drug-likeness (QED) is 0.758. The number of hydrogen-bond donors (Lipinski definition) is 1. The molecule has 1 rings (SSSR count). The van der Waals surface area contributed by atoms with Gasteiger partial charge in [-0.15, -0.1) is 0 Å². The van der Waals surface area contributed by atoms with Gasteiger partial charge in [0.25, 0.3) is 0 Å². The molecule has 0 radical (unpaired) electrons. The Hall–Kier alpha value is -1.18. The zero-order valence-electron chi connectivity index (χ0n) is 8.59. The first-order valence-electron chi connectivity index (χ1n) is 4.47. The molecule has 0 atom stereocenters. The minimum Gasteiger partial charge on any atom is -0.508 e. The molecule has 1 N–H and O–H groups in total. The molecule has 0 aliphatic rings. The second-order valence-corrected chi connectivity index (χ2v) is 3.58. The Bertz CT molecular complexity index is 280. The molecule has 0 aliphatic carbocycles. The molecule has 0 saturated heterocycles. The summed E-state index contributed by atoms with van der Waals surface area (Å²) >= 11 is 0. The second-order valence-electron chi connectivity index (χ2n) is 3.58. The van der Waals surface area contributed by atoms with Crippen LogP contribution < -0.4 is 4.74 Å². The van der Waals surface area contributed by atoms with E-state index >= 15 is 0 Å². The third-order valence-electron chi connectivity index (χ3n) is 1.80. The van der Waals surface area contributed by atoms with E-state index in [1.165, 1.54) is 0 Å². The number of hydrogen-bond acceptors (Lipinski definition) is 2. The van der Waals surface area contributed by atoms with Crippen molar-refractivity contribution in [3.8, 4) is 11.5 Å². The van der Waals surface area contributed by atoms with Crippen LogP contribution in [-0.4, -0.2) is 11.2 Å². The number of aryl methyl sites for hydroxylation is 2. The third kappa shape index (κ3) is 2.38. The van der Waals surface area contributed by atoms with E-state index in [4.69, 9.17) is 4.74 Å². The van der Waals surface area contributed by atoms with Crippen LogP contribution in [0.5, 0.6) is 11.5 Å². The SMILES string of the molecule is Cc1cc(O)cc(C)c1OC(C)C. The van der Waals surface area contributed by atoms with E-state index in [0.717, 1.165) is 16.9 Å². The van der Waals surface area contributed by atoms with Crippen LogP contribution in [0.25, 0.3) is 0 Å². The second kappa shape index (κ2) is 3.69. The molecule has 72 valence electrons. The van der Waals surface area contributed by atoms with E-state index in [-0.39, 0.29) is 6.10 Å². The first-order valence-corrected chi connectivity index (χ1v) is 4.47. The van der Waals surface area contributed by atoms with Gasteiger partial charge in [-0.1, -0.05) is 0 Å². The van der Waals surface area contributed by atoms with Crippen LogP contribution in [0.2, 0.25) is 0 Å². The summed E-state index contributed by atoms with van der Waals surface area (Å²) in [5, 5.41) is 9.30. The smallest absolute Gasteiger partial charge is 0.125 e. The zero-order valence-corrected chi connectivity index (χ0v) is 8.59.